The molecule has 27 heavy (non-hydrogen) atoms. The van der Waals surface area contributed by atoms with Gasteiger partial charge in [-0.3, -0.25) is 9.10 Å². The molecule has 0 radical (unpaired) electrons. The number of sulfonamides is 1. The van der Waals surface area contributed by atoms with Crippen molar-refractivity contribution in [1.82, 2.24) is 5.32 Å². The number of hydrogen-bond donors (Lipinski definition) is 1. The second kappa shape index (κ2) is 8.86. The third kappa shape index (κ3) is 5.44. The smallest absolute Gasteiger partial charge is 0.251 e. The van der Waals surface area contributed by atoms with Crippen LogP contribution in [0.4, 0.5) is 5.69 Å². The number of nitrogens with one attached hydrogen (secondary N) is 1. The number of aryl methyl sites for hydroxylation is 1. The minimum absolute atomic E-state index is 0.0777. The number of carbonyl (C=O) groups is 1. The third-order valence-corrected chi connectivity index (χ3v) is 5.47. The lowest BCUT2D eigenvalue weighted by atomic mass is 10.0. The quantitative estimate of drug-likeness (QED) is 0.701. The molecule has 0 aliphatic rings. The van der Waals surface area contributed by atoms with Crippen LogP contribution >= 0.6 is 0 Å². The van der Waals surface area contributed by atoms with Crippen LogP contribution in [0.1, 0.15) is 40.9 Å². The highest BCUT2D eigenvalue weighted by Gasteiger charge is 2.17. The summed E-state index contributed by atoms with van der Waals surface area (Å²) in [5.74, 6) is -0.191. The summed E-state index contributed by atoms with van der Waals surface area (Å²) >= 11 is 0. The molecule has 2 rings (SSSR count). The van der Waals surface area contributed by atoms with Gasteiger partial charge in [-0.05, 0) is 43.2 Å². The van der Waals surface area contributed by atoms with Crippen LogP contribution in [0, 0.1) is 6.92 Å². The molecule has 0 bridgehead atoms. The molecule has 0 aromatic heterocycles. The molecule has 0 heterocycles. The van der Waals surface area contributed by atoms with Crippen molar-refractivity contribution in [3.8, 4) is 0 Å². The van der Waals surface area contributed by atoms with Gasteiger partial charge in [0, 0.05) is 5.56 Å². The van der Waals surface area contributed by atoms with Gasteiger partial charge in [0.05, 0.1) is 24.5 Å². The summed E-state index contributed by atoms with van der Waals surface area (Å²) in [5, 5.41) is 3.04. The van der Waals surface area contributed by atoms with E-state index >= 15 is 0 Å². The van der Waals surface area contributed by atoms with Crippen molar-refractivity contribution < 1.29 is 13.2 Å². The van der Waals surface area contributed by atoms with Crippen molar-refractivity contribution in [3.05, 3.63) is 77.9 Å². The van der Waals surface area contributed by atoms with Crippen LogP contribution in [0.5, 0.6) is 0 Å². The first-order valence-electron chi connectivity index (χ1n) is 8.82. The maximum Gasteiger partial charge on any atom is 0.251 e. The number of anilines is 1. The zero-order valence-corrected chi connectivity index (χ0v) is 16.8. The van der Waals surface area contributed by atoms with Gasteiger partial charge in [-0.1, -0.05) is 42.8 Å². The monoisotopic (exact) mass is 386 g/mol. The predicted octanol–water partition coefficient (Wildman–Crippen LogP) is 3.83. The fraction of sp³-hybridized carbons (Fsp3) is 0.286. The van der Waals surface area contributed by atoms with Crippen LogP contribution < -0.4 is 9.62 Å². The molecule has 5 nitrogen and oxygen atoms in total. The lowest BCUT2D eigenvalue weighted by Crippen LogP contribution is -2.30. The van der Waals surface area contributed by atoms with E-state index in [2.05, 4.69) is 11.9 Å². The molecule has 0 spiro atoms. The number of hydrogen-bond acceptors (Lipinski definition) is 3. The summed E-state index contributed by atoms with van der Waals surface area (Å²) in [4.78, 5) is 12.6. The van der Waals surface area contributed by atoms with Crippen molar-refractivity contribution >= 4 is 21.6 Å². The molecule has 144 valence electrons. The van der Waals surface area contributed by atoms with Crippen molar-refractivity contribution in [2.24, 2.45) is 0 Å². The topological polar surface area (TPSA) is 66.5 Å². The molecule has 2 aromatic carbocycles. The van der Waals surface area contributed by atoms with Gasteiger partial charge in [-0.15, -0.1) is 6.58 Å². The molecule has 0 saturated heterocycles. The molecule has 2 aromatic rings. The van der Waals surface area contributed by atoms with E-state index in [1.807, 2.05) is 38.1 Å². The van der Waals surface area contributed by atoms with Crippen LogP contribution in [-0.2, 0) is 10.0 Å². The molecule has 0 saturated carbocycles. The van der Waals surface area contributed by atoms with E-state index in [9.17, 15) is 13.2 Å². The van der Waals surface area contributed by atoms with Crippen LogP contribution in [0.15, 0.2) is 61.2 Å². The Morgan fingerprint density at radius 1 is 1.15 bits per heavy atom. The Morgan fingerprint density at radius 2 is 1.74 bits per heavy atom. The zero-order valence-electron chi connectivity index (χ0n) is 16.0. The van der Waals surface area contributed by atoms with E-state index in [4.69, 9.17) is 0 Å². The zero-order chi connectivity index (χ0) is 20.0. The molecule has 0 fully saturated rings. The lowest BCUT2D eigenvalue weighted by Gasteiger charge is -2.21. The van der Waals surface area contributed by atoms with Crippen molar-refractivity contribution in [2.45, 2.75) is 26.3 Å². The Bertz CT molecular complexity index is 888. The molecule has 0 unspecified atom stereocenters. The third-order valence-electron chi connectivity index (χ3n) is 4.31. The van der Waals surface area contributed by atoms with Crippen molar-refractivity contribution in [2.75, 3.05) is 17.1 Å². The Morgan fingerprint density at radius 3 is 2.22 bits per heavy atom. The molecular weight excluding hydrogens is 360 g/mol. The highest BCUT2D eigenvalue weighted by molar-refractivity contribution is 7.92. The van der Waals surface area contributed by atoms with E-state index in [1.54, 1.807) is 24.3 Å². The average molecular weight is 387 g/mol. The molecule has 6 heteroatoms. The second-order valence-electron chi connectivity index (χ2n) is 6.47. The van der Waals surface area contributed by atoms with E-state index in [-0.39, 0.29) is 18.5 Å². The van der Waals surface area contributed by atoms with E-state index in [0.717, 1.165) is 18.2 Å². The molecule has 0 aliphatic carbocycles. The first-order valence-corrected chi connectivity index (χ1v) is 10.7. The van der Waals surface area contributed by atoms with Gasteiger partial charge in [-0.2, -0.15) is 0 Å². The maximum atomic E-state index is 12.6. The molecule has 1 atom stereocenters. The Labute approximate surface area is 161 Å². The summed E-state index contributed by atoms with van der Waals surface area (Å²) < 4.78 is 25.0. The van der Waals surface area contributed by atoms with Gasteiger partial charge in [0.15, 0.2) is 0 Å². The Hall–Kier alpha value is -2.60. The number of rotatable bonds is 8. The van der Waals surface area contributed by atoms with Gasteiger partial charge < -0.3 is 5.32 Å². The SMILES string of the molecule is C=CCN(c1ccc(C(=O)N[C@@H](CC)c2ccc(C)cc2)cc1)S(C)(=O)=O. The summed E-state index contributed by atoms with van der Waals surface area (Å²) in [5.41, 5.74) is 3.21. The summed E-state index contributed by atoms with van der Waals surface area (Å²) in [6, 6.07) is 14.5. The first kappa shape index (κ1) is 20.7. The van der Waals surface area contributed by atoms with Gasteiger partial charge in [-0.25, -0.2) is 8.42 Å². The van der Waals surface area contributed by atoms with Gasteiger partial charge in [0.25, 0.3) is 5.91 Å². The average Bonchev–Trinajstić information content (AvgIpc) is 2.64. The number of carbonyl (C=O) groups excluding carboxylic acids is 1. The minimum atomic E-state index is -3.41. The fourth-order valence-electron chi connectivity index (χ4n) is 2.79. The fourth-order valence-corrected chi connectivity index (χ4v) is 3.67. The van der Waals surface area contributed by atoms with E-state index < -0.39 is 10.0 Å². The number of benzene rings is 2. The lowest BCUT2D eigenvalue weighted by molar-refractivity contribution is 0.0935. The Balaban J connectivity index is 2.16. The van der Waals surface area contributed by atoms with Crippen LogP contribution in [-0.4, -0.2) is 27.1 Å². The van der Waals surface area contributed by atoms with Crippen LogP contribution in [0.25, 0.3) is 0 Å². The predicted molar refractivity (Wildman–Crippen MR) is 111 cm³/mol. The molecule has 1 N–H and O–H groups in total. The standard InChI is InChI=1S/C21H26N2O3S/c1-5-15-23(27(4,25)26)19-13-11-18(12-14-19)21(24)22-20(6-2)17-9-7-16(3)8-10-17/h5,7-14,20H,1,6,15H2,2-4H3,(H,22,24)/t20-/m0/s1. The summed E-state index contributed by atoms with van der Waals surface area (Å²) in [7, 11) is -3.41. The van der Waals surface area contributed by atoms with Crippen LogP contribution in [0.2, 0.25) is 0 Å². The highest BCUT2D eigenvalue weighted by Crippen LogP contribution is 2.20. The van der Waals surface area contributed by atoms with E-state index in [1.165, 1.54) is 15.9 Å². The Kier molecular flexibility index (Phi) is 6.80. The van der Waals surface area contributed by atoms with Crippen LogP contribution in [0.3, 0.4) is 0 Å². The van der Waals surface area contributed by atoms with E-state index in [0.29, 0.717) is 11.3 Å². The molecule has 1 amide bonds. The minimum Gasteiger partial charge on any atom is -0.345 e. The number of nitrogens with zero attached hydrogens (tertiary/aromatic N) is 1. The summed E-state index contributed by atoms with van der Waals surface area (Å²) in [6.45, 7) is 7.81. The first-order chi connectivity index (χ1) is 12.8. The second-order valence-corrected chi connectivity index (χ2v) is 8.38. The molecule has 0 aliphatic heterocycles. The molecular formula is C21H26N2O3S. The summed E-state index contributed by atoms with van der Waals surface area (Å²) in [6.07, 6.45) is 3.44. The highest BCUT2D eigenvalue weighted by atomic mass is 32.2. The van der Waals surface area contributed by atoms with Crippen molar-refractivity contribution in [1.29, 1.82) is 0 Å². The van der Waals surface area contributed by atoms with Crippen molar-refractivity contribution in [3.63, 3.8) is 0 Å². The van der Waals surface area contributed by atoms with Gasteiger partial charge in [0.2, 0.25) is 10.0 Å². The maximum absolute atomic E-state index is 12.6. The normalized spacial score (nSPS) is 12.3. The van der Waals surface area contributed by atoms with Gasteiger partial charge >= 0.3 is 0 Å². The van der Waals surface area contributed by atoms with Gasteiger partial charge in [0.1, 0.15) is 0 Å². The number of amides is 1. The largest absolute Gasteiger partial charge is 0.345 e.